The molecule has 0 radical (unpaired) electrons. The van der Waals surface area contributed by atoms with Crippen LogP contribution in [0.2, 0.25) is 0 Å². The molecule has 8 rings (SSSR count). The predicted molar refractivity (Wildman–Crippen MR) is 178 cm³/mol. The number of ether oxygens (including phenoxy) is 1. The van der Waals surface area contributed by atoms with Crippen LogP contribution in [0.3, 0.4) is 0 Å². The third kappa shape index (κ3) is 7.11. The van der Waals surface area contributed by atoms with Crippen molar-refractivity contribution in [1.29, 1.82) is 0 Å². The summed E-state index contributed by atoms with van der Waals surface area (Å²) >= 11 is 0. The van der Waals surface area contributed by atoms with Crippen LogP contribution in [-0.2, 0) is 6.42 Å². The Labute approximate surface area is 257 Å². The lowest BCUT2D eigenvalue weighted by atomic mass is 9.53. The van der Waals surface area contributed by atoms with Gasteiger partial charge in [-0.2, -0.15) is 0 Å². The second-order valence-electron chi connectivity index (χ2n) is 14.3. The van der Waals surface area contributed by atoms with E-state index >= 15 is 0 Å². The molecule has 1 nitrogen and oxygen atoms in total. The highest BCUT2D eigenvalue weighted by molar-refractivity contribution is 5.40. The molecule has 1 heteroatoms. The number of benzene rings is 2. The van der Waals surface area contributed by atoms with Crippen LogP contribution in [0.25, 0.3) is 0 Å². The van der Waals surface area contributed by atoms with Gasteiger partial charge in [0.15, 0.2) is 0 Å². The molecule has 0 heterocycles. The van der Waals surface area contributed by atoms with Gasteiger partial charge in [0.05, 0.1) is 7.11 Å². The SMILES string of the molecule is CCCCC12CCC(C#Cc3ccc(OC)cc3)(CC1)CC2.CCc1ccc(C#CC23CCC(CC)(CC2)CC3)cc1. The zero-order valence-electron chi connectivity index (χ0n) is 27.0. The molecule has 0 N–H and O–H groups in total. The first-order valence-electron chi connectivity index (χ1n) is 17.2. The van der Waals surface area contributed by atoms with Gasteiger partial charge in [-0.25, -0.2) is 0 Å². The van der Waals surface area contributed by atoms with Crippen molar-refractivity contribution >= 4 is 0 Å². The monoisotopic (exact) mass is 562 g/mol. The summed E-state index contributed by atoms with van der Waals surface area (Å²) in [6, 6.07) is 16.9. The third-order valence-electron chi connectivity index (χ3n) is 12.0. The van der Waals surface area contributed by atoms with Crippen LogP contribution in [0.15, 0.2) is 48.5 Å². The maximum absolute atomic E-state index is 5.21. The molecule has 0 spiro atoms. The molecule has 2 aromatic rings. The van der Waals surface area contributed by atoms with Crippen molar-refractivity contribution in [3.8, 4) is 29.4 Å². The smallest absolute Gasteiger partial charge is 0.118 e. The molecular weight excluding hydrogens is 508 g/mol. The first-order chi connectivity index (χ1) is 20.4. The summed E-state index contributed by atoms with van der Waals surface area (Å²) in [5, 5.41) is 0. The van der Waals surface area contributed by atoms with E-state index in [1.165, 1.54) is 114 Å². The van der Waals surface area contributed by atoms with Crippen molar-refractivity contribution in [2.75, 3.05) is 7.11 Å². The normalized spacial score (nSPS) is 30.7. The fourth-order valence-corrected chi connectivity index (χ4v) is 8.27. The van der Waals surface area contributed by atoms with E-state index in [-0.39, 0.29) is 0 Å². The summed E-state index contributed by atoms with van der Waals surface area (Å²) in [6.07, 6.45) is 23.1. The Bertz CT molecular complexity index is 1240. The fraction of sp³-hybridized carbons (Fsp3) is 0.610. The third-order valence-corrected chi connectivity index (χ3v) is 12.0. The van der Waals surface area contributed by atoms with Gasteiger partial charge in [-0.05, 0) is 143 Å². The van der Waals surface area contributed by atoms with Crippen LogP contribution in [0, 0.1) is 45.3 Å². The van der Waals surface area contributed by atoms with E-state index in [1.807, 2.05) is 12.1 Å². The molecule has 6 fully saturated rings. The second kappa shape index (κ2) is 13.3. The zero-order chi connectivity index (χ0) is 29.5. The lowest BCUT2D eigenvalue weighted by molar-refractivity contribution is 0.0189. The summed E-state index contributed by atoms with van der Waals surface area (Å²) in [5.74, 6) is 15.1. The predicted octanol–water partition coefficient (Wildman–Crippen LogP) is 10.9. The maximum atomic E-state index is 5.21. The Morgan fingerprint density at radius 3 is 1.45 bits per heavy atom. The highest BCUT2D eigenvalue weighted by atomic mass is 16.5. The Kier molecular flexibility index (Phi) is 9.78. The first kappa shape index (κ1) is 30.8. The molecule has 0 aromatic heterocycles. The van der Waals surface area contributed by atoms with E-state index in [4.69, 9.17) is 4.74 Å². The van der Waals surface area contributed by atoms with Crippen LogP contribution < -0.4 is 4.74 Å². The summed E-state index contributed by atoms with van der Waals surface area (Å²) in [6.45, 7) is 6.88. The molecule has 6 saturated carbocycles. The van der Waals surface area contributed by atoms with Crippen molar-refractivity contribution in [1.82, 2.24) is 0 Å². The molecule has 0 aliphatic heterocycles. The number of hydrogen-bond acceptors (Lipinski definition) is 1. The summed E-state index contributed by atoms with van der Waals surface area (Å²) in [7, 11) is 1.70. The highest BCUT2D eigenvalue weighted by Gasteiger charge is 2.48. The lowest BCUT2D eigenvalue weighted by Gasteiger charge is -2.51. The number of unbranched alkanes of at least 4 members (excludes halogenated alkanes) is 1. The van der Waals surface area contributed by atoms with E-state index in [0.717, 1.165) is 17.7 Å². The molecular formula is C41H54O. The Balaban J connectivity index is 0.000000169. The minimum absolute atomic E-state index is 0.313. The summed E-state index contributed by atoms with van der Waals surface area (Å²) in [5.41, 5.74) is 5.73. The van der Waals surface area contributed by atoms with Gasteiger partial charge in [-0.1, -0.05) is 75.8 Å². The number of methoxy groups -OCH3 is 1. The Morgan fingerprint density at radius 1 is 0.595 bits per heavy atom. The van der Waals surface area contributed by atoms with Gasteiger partial charge in [0.2, 0.25) is 0 Å². The summed E-state index contributed by atoms with van der Waals surface area (Å²) < 4.78 is 5.21. The average molecular weight is 563 g/mol. The highest BCUT2D eigenvalue weighted by Crippen LogP contribution is 2.59. The molecule has 0 saturated heterocycles. The molecule has 42 heavy (non-hydrogen) atoms. The molecule has 6 aliphatic carbocycles. The molecule has 0 amide bonds. The fourth-order valence-electron chi connectivity index (χ4n) is 8.27. The quantitative estimate of drug-likeness (QED) is 0.318. The number of aryl methyl sites for hydroxylation is 1. The van der Waals surface area contributed by atoms with E-state index in [0.29, 0.717) is 21.7 Å². The van der Waals surface area contributed by atoms with Gasteiger partial charge < -0.3 is 4.74 Å². The van der Waals surface area contributed by atoms with Gasteiger partial charge in [0.25, 0.3) is 0 Å². The molecule has 2 aromatic carbocycles. The van der Waals surface area contributed by atoms with Gasteiger partial charge in [0, 0.05) is 22.0 Å². The van der Waals surface area contributed by atoms with Crippen molar-refractivity contribution in [2.24, 2.45) is 21.7 Å². The summed E-state index contributed by atoms with van der Waals surface area (Å²) in [4.78, 5) is 0. The zero-order valence-corrected chi connectivity index (χ0v) is 27.0. The van der Waals surface area contributed by atoms with E-state index < -0.39 is 0 Å². The minimum Gasteiger partial charge on any atom is -0.497 e. The van der Waals surface area contributed by atoms with E-state index in [2.05, 4.69) is 80.9 Å². The van der Waals surface area contributed by atoms with Crippen molar-refractivity contribution in [2.45, 2.75) is 130 Å². The van der Waals surface area contributed by atoms with Gasteiger partial charge in [-0.3, -0.25) is 0 Å². The van der Waals surface area contributed by atoms with E-state index in [9.17, 15) is 0 Å². The molecule has 224 valence electrons. The van der Waals surface area contributed by atoms with Gasteiger partial charge >= 0.3 is 0 Å². The average Bonchev–Trinajstić information content (AvgIpc) is 3.08. The van der Waals surface area contributed by atoms with Crippen LogP contribution in [-0.4, -0.2) is 7.11 Å². The van der Waals surface area contributed by atoms with Crippen molar-refractivity contribution in [3.05, 3.63) is 65.2 Å². The maximum Gasteiger partial charge on any atom is 0.118 e. The Hall–Kier alpha value is -2.64. The largest absolute Gasteiger partial charge is 0.497 e. The molecule has 0 atom stereocenters. The van der Waals surface area contributed by atoms with Crippen LogP contribution in [0.1, 0.15) is 140 Å². The van der Waals surface area contributed by atoms with Crippen LogP contribution in [0.4, 0.5) is 0 Å². The molecule has 0 unspecified atom stereocenters. The number of hydrogen-bond donors (Lipinski definition) is 0. The van der Waals surface area contributed by atoms with Crippen molar-refractivity contribution in [3.63, 3.8) is 0 Å². The number of rotatable bonds is 6. The van der Waals surface area contributed by atoms with Crippen LogP contribution >= 0.6 is 0 Å². The van der Waals surface area contributed by atoms with Crippen LogP contribution in [0.5, 0.6) is 5.75 Å². The Morgan fingerprint density at radius 2 is 1.05 bits per heavy atom. The standard InChI is InChI=1S/C21H28O.C20H26/c1-3-4-10-20-12-15-21(16-13-20,17-14-20)11-9-18-5-7-19(22-2)8-6-18;1-3-17-5-7-18(8-6-17)9-10-20-14-11-19(4-2,12-15-20)13-16-20/h5-8H,3-4,10,12-17H2,1-2H3;5-8H,3-4,11-16H2,1-2H3. The van der Waals surface area contributed by atoms with E-state index in [1.54, 1.807) is 7.11 Å². The first-order valence-corrected chi connectivity index (χ1v) is 17.2. The molecule has 4 bridgehead atoms. The number of fused-ring (bicyclic) bond motifs is 6. The lowest BCUT2D eigenvalue weighted by Crippen LogP contribution is -2.40. The minimum atomic E-state index is 0.313. The van der Waals surface area contributed by atoms with Gasteiger partial charge in [0.1, 0.15) is 5.75 Å². The van der Waals surface area contributed by atoms with Crippen molar-refractivity contribution < 1.29 is 4.74 Å². The topological polar surface area (TPSA) is 9.23 Å². The second-order valence-corrected chi connectivity index (χ2v) is 14.3. The van der Waals surface area contributed by atoms with Gasteiger partial charge in [-0.15, -0.1) is 0 Å². The molecule has 6 aliphatic rings.